The molecular formula is C16H19N5O3. The molecule has 8 heteroatoms. The van der Waals surface area contributed by atoms with E-state index < -0.39 is 17.5 Å². The van der Waals surface area contributed by atoms with Gasteiger partial charge in [0.1, 0.15) is 11.5 Å². The zero-order valence-corrected chi connectivity index (χ0v) is 13.8. The molecule has 0 aliphatic carbocycles. The van der Waals surface area contributed by atoms with Crippen molar-refractivity contribution in [3.05, 3.63) is 41.3 Å². The first-order chi connectivity index (χ1) is 11.4. The Morgan fingerprint density at radius 1 is 1.42 bits per heavy atom. The quantitative estimate of drug-likeness (QED) is 0.892. The summed E-state index contributed by atoms with van der Waals surface area (Å²) in [5, 5.41) is 10.4. The van der Waals surface area contributed by atoms with E-state index in [1.54, 1.807) is 25.1 Å². The number of carbonyl (C=O) groups excluding carboxylic acids is 2. The lowest BCUT2D eigenvalue weighted by Gasteiger charge is -2.17. The summed E-state index contributed by atoms with van der Waals surface area (Å²) in [7, 11) is 0. The van der Waals surface area contributed by atoms with Crippen LogP contribution in [0.3, 0.4) is 0 Å². The van der Waals surface area contributed by atoms with Crippen LogP contribution in [0.4, 0.5) is 10.6 Å². The number of fused-ring (bicyclic) bond motifs is 1. The second-order valence-electron chi connectivity index (χ2n) is 5.93. The summed E-state index contributed by atoms with van der Waals surface area (Å²) in [5.41, 5.74) is 1.36. The lowest BCUT2D eigenvalue weighted by atomic mass is 10.0. The van der Waals surface area contributed by atoms with Gasteiger partial charge in [-0.3, -0.25) is 9.78 Å². The maximum atomic E-state index is 12.4. The number of hydrogen-bond acceptors (Lipinski definition) is 6. The number of nitrogens with one attached hydrogen (secondary N) is 2. The molecule has 1 amide bonds. The summed E-state index contributed by atoms with van der Waals surface area (Å²) < 4.78 is 6.14. The van der Waals surface area contributed by atoms with Gasteiger partial charge in [0.05, 0.1) is 17.8 Å². The fraction of sp³-hybridized carbons (Fsp3) is 0.375. The molecule has 0 aromatic carbocycles. The monoisotopic (exact) mass is 329 g/mol. The Morgan fingerprint density at radius 2 is 2.21 bits per heavy atom. The third kappa shape index (κ3) is 2.76. The van der Waals surface area contributed by atoms with E-state index in [4.69, 9.17) is 4.74 Å². The van der Waals surface area contributed by atoms with Crippen molar-refractivity contribution in [3.63, 3.8) is 0 Å². The third-order valence-corrected chi connectivity index (χ3v) is 3.85. The molecule has 0 atom stereocenters. The van der Waals surface area contributed by atoms with Crippen molar-refractivity contribution in [2.45, 2.75) is 32.9 Å². The number of hydrogen-bond donors (Lipinski definition) is 2. The first-order valence-electron chi connectivity index (χ1n) is 7.71. The van der Waals surface area contributed by atoms with Crippen LogP contribution in [0, 0.1) is 0 Å². The van der Waals surface area contributed by atoms with Gasteiger partial charge in [0.2, 0.25) is 0 Å². The minimum absolute atomic E-state index is 0.221. The minimum Gasteiger partial charge on any atom is -0.448 e. The zero-order valence-electron chi connectivity index (χ0n) is 13.8. The highest BCUT2D eigenvalue weighted by Gasteiger charge is 2.37. The molecule has 0 fully saturated rings. The van der Waals surface area contributed by atoms with Gasteiger partial charge >= 0.3 is 6.09 Å². The maximum Gasteiger partial charge on any atom is 0.436 e. The number of rotatable bonds is 3. The van der Waals surface area contributed by atoms with Crippen LogP contribution >= 0.6 is 0 Å². The number of anilines is 1. The molecule has 1 aliphatic rings. The van der Waals surface area contributed by atoms with Crippen molar-refractivity contribution >= 4 is 17.8 Å². The molecular weight excluding hydrogens is 310 g/mol. The van der Waals surface area contributed by atoms with Crippen LogP contribution in [0.25, 0.3) is 0 Å². The minimum atomic E-state index is -0.626. The molecule has 0 saturated carbocycles. The number of ether oxygens (including phenoxy) is 1. The Bertz CT molecular complexity index is 783. The van der Waals surface area contributed by atoms with E-state index in [2.05, 4.69) is 20.7 Å². The smallest absolute Gasteiger partial charge is 0.436 e. The van der Waals surface area contributed by atoms with Gasteiger partial charge in [-0.25, -0.2) is 4.79 Å². The van der Waals surface area contributed by atoms with Crippen LogP contribution < -0.4 is 10.6 Å². The number of aromatic nitrogens is 3. The zero-order chi connectivity index (χ0) is 17.3. The fourth-order valence-corrected chi connectivity index (χ4v) is 2.63. The van der Waals surface area contributed by atoms with Crippen molar-refractivity contribution in [1.82, 2.24) is 20.1 Å². The third-order valence-electron chi connectivity index (χ3n) is 3.85. The highest BCUT2D eigenvalue weighted by atomic mass is 16.6. The summed E-state index contributed by atoms with van der Waals surface area (Å²) in [6.45, 7) is 6.36. The first kappa shape index (κ1) is 16.1. The summed E-state index contributed by atoms with van der Waals surface area (Å²) in [4.78, 5) is 28.6. The molecule has 0 saturated heterocycles. The van der Waals surface area contributed by atoms with Gasteiger partial charge < -0.3 is 15.4 Å². The lowest BCUT2D eigenvalue weighted by molar-refractivity contribution is 0.102. The van der Waals surface area contributed by atoms with Crippen LogP contribution in [0.15, 0.2) is 24.4 Å². The average Bonchev–Trinajstić information content (AvgIpc) is 3.07. The van der Waals surface area contributed by atoms with Crippen molar-refractivity contribution < 1.29 is 14.3 Å². The van der Waals surface area contributed by atoms with Gasteiger partial charge in [-0.15, -0.1) is 4.68 Å². The van der Waals surface area contributed by atoms with E-state index in [9.17, 15) is 9.59 Å². The van der Waals surface area contributed by atoms with Crippen molar-refractivity contribution in [3.8, 4) is 0 Å². The van der Waals surface area contributed by atoms with Crippen molar-refractivity contribution in [2.75, 3.05) is 11.9 Å². The van der Waals surface area contributed by atoms with Crippen LogP contribution in [-0.4, -0.2) is 33.4 Å². The predicted molar refractivity (Wildman–Crippen MR) is 86.7 cm³/mol. The Labute approximate surface area is 139 Å². The number of carbonyl (C=O) groups is 2. The summed E-state index contributed by atoms with van der Waals surface area (Å²) in [6.07, 6.45) is 0.908. The Morgan fingerprint density at radius 3 is 2.88 bits per heavy atom. The molecule has 2 N–H and O–H groups in total. The highest BCUT2D eigenvalue weighted by molar-refractivity contribution is 6.03. The van der Waals surface area contributed by atoms with Gasteiger partial charge in [-0.05, 0) is 32.9 Å². The number of amides is 1. The predicted octanol–water partition coefficient (Wildman–Crippen LogP) is 1.87. The molecule has 8 nitrogen and oxygen atoms in total. The van der Waals surface area contributed by atoms with E-state index in [0.717, 1.165) is 10.2 Å². The van der Waals surface area contributed by atoms with E-state index >= 15 is 0 Å². The number of pyridine rings is 1. The normalized spacial score (nSPS) is 15.0. The standard InChI is InChI=1S/C16H19N5O3/c1-4-24-15(23)21-13(10-9-18-16(2,3)12(10)20-21)19-14(22)11-7-5-6-8-17-11/h5-8,18H,4,9H2,1-3H3,(H,19,22). The van der Waals surface area contributed by atoms with Crippen molar-refractivity contribution in [1.29, 1.82) is 0 Å². The molecule has 3 heterocycles. The van der Waals surface area contributed by atoms with Gasteiger partial charge in [0, 0.05) is 18.3 Å². The van der Waals surface area contributed by atoms with E-state index in [-0.39, 0.29) is 12.3 Å². The van der Waals surface area contributed by atoms with Crippen LogP contribution in [0.2, 0.25) is 0 Å². The molecule has 0 radical (unpaired) electrons. The Balaban J connectivity index is 1.99. The van der Waals surface area contributed by atoms with Gasteiger partial charge in [0.25, 0.3) is 5.91 Å². The van der Waals surface area contributed by atoms with Crippen LogP contribution in [0.5, 0.6) is 0 Å². The molecule has 2 aromatic heterocycles. The summed E-state index contributed by atoms with van der Waals surface area (Å²) >= 11 is 0. The summed E-state index contributed by atoms with van der Waals surface area (Å²) in [5.74, 6) is -0.0919. The lowest BCUT2D eigenvalue weighted by Crippen LogP contribution is -2.31. The highest BCUT2D eigenvalue weighted by Crippen LogP contribution is 2.34. The van der Waals surface area contributed by atoms with Gasteiger partial charge in [-0.1, -0.05) is 6.07 Å². The SMILES string of the molecule is CCOC(=O)n1nc2c(c1NC(=O)c1ccccn1)CNC2(C)C. The van der Waals surface area contributed by atoms with Crippen molar-refractivity contribution in [2.24, 2.45) is 0 Å². The molecule has 0 unspecified atom stereocenters. The van der Waals surface area contributed by atoms with Crippen LogP contribution in [0.1, 0.15) is 42.5 Å². The fourth-order valence-electron chi connectivity index (χ4n) is 2.63. The summed E-state index contributed by atoms with van der Waals surface area (Å²) in [6, 6.07) is 5.05. The second kappa shape index (κ2) is 6.04. The Hall–Kier alpha value is -2.74. The van der Waals surface area contributed by atoms with E-state index in [0.29, 0.717) is 18.1 Å². The second-order valence-corrected chi connectivity index (χ2v) is 5.93. The van der Waals surface area contributed by atoms with Gasteiger partial charge in [-0.2, -0.15) is 5.10 Å². The first-order valence-corrected chi connectivity index (χ1v) is 7.71. The molecule has 1 aliphatic heterocycles. The molecule has 0 bridgehead atoms. The molecule has 24 heavy (non-hydrogen) atoms. The van der Waals surface area contributed by atoms with Gasteiger partial charge in [0.15, 0.2) is 0 Å². The largest absolute Gasteiger partial charge is 0.448 e. The maximum absolute atomic E-state index is 12.4. The Kier molecular flexibility index (Phi) is 4.06. The average molecular weight is 329 g/mol. The molecule has 2 aromatic rings. The van der Waals surface area contributed by atoms with E-state index in [1.807, 2.05) is 13.8 Å². The van der Waals surface area contributed by atoms with E-state index in [1.165, 1.54) is 6.20 Å². The number of nitrogens with zero attached hydrogens (tertiary/aromatic N) is 3. The molecule has 0 spiro atoms. The topological polar surface area (TPSA) is 98.1 Å². The molecule has 126 valence electrons. The van der Waals surface area contributed by atoms with Crippen LogP contribution in [-0.2, 0) is 16.8 Å². The molecule has 3 rings (SSSR count).